The Labute approximate surface area is 281 Å². The average molecular weight is 668 g/mol. The molecule has 3 aliphatic heterocycles. The van der Waals surface area contributed by atoms with Gasteiger partial charge >= 0.3 is 11.9 Å². The molecule has 0 amide bonds. The van der Waals surface area contributed by atoms with Crippen molar-refractivity contribution in [1.29, 1.82) is 0 Å². The SMILES string of the molecule is COC(=O)C[C@](O)(CC#CC(C)(C)OCc1ccccc1)C(=O)O[C@@H]1C(OC)=C[C@]23CCCN2CCc2cc4c(cc2[C@H]13)OCO4.Cl. The smallest absolute Gasteiger partial charge is 0.340 e. The molecule has 3 heterocycles. The number of hydrogen-bond donors (Lipinski definition) is 1. The van der Waals surface area contributed by atoms with Crippen LogP contribution in [-0.2, 0) is 41.6 Å². The minimum atomic E-state index is -2.28. The first-order valence-electron chi connectivity index (χ1n) is 15.7. The zero-order chi connectivity index (χ0) is 32.5. The molecule has 4 atom stereocenters. The molecular formula is C36H42ClNO9. The number of ether oxygens (including phenoxy) is 6. The maximum atomic E-state index is 14.0. The van der Waals surface area contributed by atoms with Crippen LogP contribution in [0.3, 0.4) is 0 Å². The Morgan fingerprint density at radius 1 is 1.11 bits per heavy atom. The maximum absolute atomic E-state index is 14.0. The molecule has 1 fully saturated rings. The largest absolute Gasteiger partial charge is 0.497 e. The molecule has 252 valence electrons. The van der Waals surface area contributed by atoms with Crippen molar-refractivity contribution in [3.05, 3.63) is 71.0 Å². The summed E-state index contributed by atoms with van der Waals surface area (Å²) in [7, 11) is 2.76. The molecule has 0 bridgehead atoms. The normalized spacial score (nSPS) is 23.7. The maximum Gasteiger partial charge on any atom is 0.340 e. The van der Waals surface area contributed by atoms with Gasteiger partial charge in [-0.25, -0.2) is 4.79 Å². The number of carbonyl (C=O) groups is 2. The Balaban J connectivity index is 0.00000433. The second-order valence-electron chi connectivity index (χ2n) is 12.8. The van der Waals surface area contributed by atoms with Gasteiger partial charge in [-0.2, -0.15) is 0 Å². The Kier molecular flexibility index (Phi) is 10.1. The van der Waals surface area contributed by atoms with Crippen LogP contribution in [0.25, 0.3) is 0 Å². The molecular weight excluding hydrogens is 626 g/mol. The van der Waals surface area contributed by atoms with Crippen LogP contribution in [-0.4, -0.2) is 78.9 Å². The Morgan fingerprint density at radius 3 is 2.57 bits per heavy atom. The minimum absolute atomic E-state index is 0. The average Bonchev–Trinajstić information content (AvgIpc) is 3.74. The number of rotatable bonds is 9. The van der Waals surface area contributed by atoms with E-state index in [1.807, 2.05) is 42.5 Å². The predicted molar refractivity (Wildman–Crippen MR) is 174 cm³/mol. The van der Waals surface area contributed by atoms with E-state index >= 15 is 0 Å². The molecule has 0 unspecified atom stereocenters. The van der Waals surface area contributed by atoms with E-state index in [9.17, 15) is 14.7 Å². The first-order chi connectivity index (χ1) is 22.1. The number of esters is 2. The van der Waals surface area contributed by atoms with E-state index in [4.69, 9.17) is 28.4 Å². The molecule has 1 saturated heterocycles. The zero-order valence-electron chi connectivity index (χ0n) is 27.2. The highest BCUT2D eigenvalue weighted by Gasteiger charge is 2.59. The van der Waals surface area contributed by atoms with E-state index in [-0.39, 0.29) is 31.5 Å². The third-order valence-electron chi connectivity index (χ3n) is 9.46. The molecule has 4 aliphatic rings. The molecule has 1 N–H and O–H groups in total. The van der Waals surface area contributed by atoms with Crippen molar-refractivity contribution in [2.24, 2.45) is 0 Å². The number of nitrogens with zero attached hydrogens (tertiary/aromatic N) is 1. The first kappa shape index (κ1) is 34.6. The molecule has 0 saturated carbocycles. The lowest BCUT2D eigenvalue weighted by molar-refractivity contribution is -0.177. The molecule has 11 heteroatoms. The van der Waals surface area contributed by atoms with Gasteiger partial charge in [0.05, 0.1) is 38.7 Å². The molecule has 0 aromatic heterocycles. The fourth-order valence-electron chi connectivity index (χ4n) is 7.11. The number of carbonyl (C=O) groups excluding carboxylic acids is 2. The quantitative estimate of drug-likeness (QED) is 0.304. The lowest BCUT2D eigenvalue weighted by Crippen LogP contribution is -2.49. The van der Waals surface area contributed by atoms with E-state index in [2.05, 4.69) is 22.8 Å². The van der Waals surface area contributed by atoms with E-state index in [1.165, 1.54) is 7.11 Å². The van der Waals surface area contributed by atoms with Crippen LogP contribution < -0.4 is 9.47 Å². The summed E-state index contributed by atoms with van der Waals surface area (Å²) < 4.78 is 34.3. The fourth-order valence-corrected chi connectivity index (χ4v) is 7.11. The summed E-state index contributed by atoms with van der Waals surface area (Å²) in [6.45, 7) is 5.81. The summed E-state index contributed by atoms with van der Waals surface area (Å²) in [5.41, 5.74) is -0.550. The lowest BCUT2D eigenvalue weighted by atomic mass is 9.77. The van der Waals surface area contributed by atoms with Crippen molar-refractivity contribution in [2.75, 3.05) is 34.1 Å². The summed E-state index contributed by atoms with van der Waals surface area (Å²) in [4.78, 5) is 28.9. The number of halogens is 1. The minimum Gasteiger partial charge on any atom is -0.497 e. The third kappa shape index (κ3) is 6.81. The topological polar surface area (TPSA) is 113 Å². The van der Waals surface area contributed by atoms with E-state index in [0.29, 0.717) is 23.9 Å². The summed E-state index contributed by atoms with van der Waals surface area (Å²) in [5.74, 6) is 5.66. The molecule has 1 spiro atoms. The van der Waals surface area contributed by atoms with Crippen LogP contribution in [0.1, 0.15) is 62.1 Å². The first-order valence-corrected chi connectivity index (χ1v) is 15.7. The number of methoxy groups -OCH3 is 2. The Bertz CT molecular complexity index is 1580. The standard InChI is InChI=1S/C36H41NO9.ClH/c1-34(2,45-22-24-10-6-5-7-11-24)13-8-15-36(40,21-30(38)42-4)33(39)46-32-29(41-3)20-35-14-9-16-37(35)17-12-25-18-27-28(44-23-43-27)19-26(25)31(32)35;/h5-7,10-11,18-20,31-32,40H,9,12,14-17,21-23H2,1-4H3;1H/t31-,32-,35+,36-;/m1./s1. The summed E-state index contributed by atoms with van der Waals surface area (Å²) in [5, 5.41) is 11.7. The summed E-state index contributed by atoms with van der Waals surface area (Å²) in [6, 6.07) is 13.7. The Hall–Kier alpha value is -3.75. The van der Waals surface area contributed by atoms with Crippen LogP contribution in [0.5, 0.6) is 11.5 Å². The van der Waals surface area contributed by atoms with Crippen molar-refractivity contribution < 1.29 is 43.1 Å². The van der Waals surface area contributed by atoms with Crippen LogP contribution in [0, 0.1) is 11.8 Å². The Morgan fingerprint density at radius 2 is 1.85 bits per heavy atom. The van der Waals surface area contributed by atoms with Gasteiger partial charge in [0.15, 0.2) is 23.2 Å². The molecule has 10 nitrogen and oxygen atoms in total. The van der Waals surface area contributed by atoms with Crippen LogP contribution in [0.4, 0.5) is 0 Å². The highest BCUT2D eigenvalue weighted by Crippen LogP contribution is 2.55. The number of hydrogen-bond acceptors (Lipinski definition) is 10. The summed E-state index contributed by atoms with van der Waals surface area (Å²) >= 11 is 0. The molecule has 6 rings (SSSR count). The van der Waals surface area contributed by atoms with Gasteiger partial charge in [-0.1, -0.05) is 42.2 Å². The van der Waals surface area contributed by atoms with E-state index < -0.39 is 41.2 Å². The van der Waals surface area contributed by atoms with Crippen molar-refractivity contribution in [2.45, 2.75) is 81.3 Å². The number of aliphatic hydroxyl groups is 1. The third-order valence-corrected chi connectivity index (χ3v) is 9.46. The fraction of sp³-hybridized carbons (Fsp3) is 0.500. The van der Waals surface area contributed by atoms with Gasteiger partial charge in [0.2, 0.25) is 6.79 Å². The van der Waals surface area contributed by atoms with Gasteiger partial charge in [-0.15, -0.1) is 12.4 Å². The molecule has 0 radical (unpaired) electrons. The van der Waals surface area contributed by atoms with Crippen molar-refractivity contribution in [3.8, 4) is 23.3 Å². The zero-order valence-corrected chi connectivity index (χ0v) is 28.0. The monoisotopic (exact) mass is 667 g/mol. The lowest BCUT2D eigenvalue weighted by Gasteiger charge is -2.39. The highest BCUT2D eigenvalue weighted by atomic mass is 35.5. The molecule has 1 aliphatic carbocycles. The van der Waals surface area contributed by atoms with Gasteiger partial charge in [0.25, 0.3) is 0 Å². The number of fused-ring (bicyclic) bond motifs is 3. The molecule has 2 aromatic rings. The van der Waals surface area contributed by atoms with Crippen molar-refractivity contribution >= 4 is 24.3 Å². The van der Waals surface area contributed by atoms with Gasteiger partial charge in [-0.05, 0) is 74.6 Å². The second-order valence-corrected chi connectivity index (χ2v) is 12.8. The van der Waals surface area contributed by atoms with E-state index in [0.717, 1.165) is 49.0 Å². The predicted octanol–water partition coefficient (Wildman–Crippen LogP) is 4.45. The van der Waals surface area contributed by atoms with Gasteiger partial charge < -0.3 is 33.5 Å². The van der Waals surface area contributed by atoms with Gasteiger partial charge in [0, 0.05) is 13.0 Å². The van der Waals surface area contributed by atoms with Gasteiger partial charge in [-0.3, -0.25) is 9.69 Å². The van der Waals surface area contributed by atoms with E-state index in [1.54, 1.807) is 21.0 Å². The van der Waals surface area contributed by atoms with Gasteiger partial charge in [0.1, 0.15) is 11.4 Å². The second kappa shape index (κ2) is 13.8. The van der Waals surface area contributed by atoms with Crippen molar-refractivity contribution in [1.82, 2.24) is 4.90 Å². The van der Waals surface area contributed by atoms with Crippen LogP contribution in [0.2, 0.25) is 0 Å². The van der Waals surface area contributed by atoms with Crippen LogP contribution >= 0.6 is 12.4 Å². The molecule has 2 aromatic carbocycles. The number of benzene rings is 2. The summed E-state index contributed by atoms with van der Waals surface area (Å²) in [6.07, 6.45) is 2.85. The van der Waals surface area contributed by atoms with Crippen LogP contribution in [0.15, 0.2) is 54.3 Å². The molecule has 47 heavy (non-hydrogen) atoms. The highest BCUT2D eigenvalue weighted by molar-refractivity contribution is 5.86. The van der Waals surface area contributed by atoms with Crippen molar-refractivity contribution in [3.63, 3.8) is 0 Å².